The van der Waals surface area contributed by atoms with Crippen molar-refractivity contribution in [1.29, 1.82) is 0 Å². The Morgan fingerprint density at radius 2 is 1.74 bits per heavy atom. The number of carbonyl (C=O) groups is 2. The van der Waals surface area contributed by atoms with Crippen LogP contribution in [0.25, 0.3) is 10.9 Å². The van der Waals surface area contributed by atoms with Crippen LogP contribution in [0.2, 0.25) is 0 Å². The minimum Gasteiger partial charge on any atom is -0.508 e. The van der Waals surface area contributed by atoms with Crippen LogP contribution in [0.5, 0.6) is 5.75 Å². The van der Waals surface area contributed by atoms with E-state index in [4.69, 9.17) is 0 Å². The van der Waals surface area contributed by atoms with Crippen LogP contribution < -0.4 is 10.6 Å². The van der Waals surface area contributed by atoms with Crippen LogP contribution in [0, 0.1) is 0 Å². The average molecular weight is 430 g/mol. The summed E-state index contributed by atoms with van der Waals surface area (Å²) < 4.78 is 2.63. The fourth-order valence-electron chi connectivity index (χ4n) is 2.92. The number of amides is 2. The lowest BCUT2D eigenvalue weighted by molar-refractivity contribution is 0.0944. The van der Waals surface area contributed by atoms with Crippen molar-refractivity contribution >= 4 is 38.6 Å². The highest BCUT2D eigenvalue weighted by Gasteiger charge is 2.18. The lowest BCUT2D eigenvalue weighted by atomic mass is 10.2. The van der Waals surface area contributed by atoms with E-state index >= 15 is 0 Å². The third-order valence-electron chi connectivity index (χ3n) is 4.29. The molecule has 3 rings (SSSR count). The SMILES string of the molecule is Cn1c(C(=O)NCCCNC(=O)c2cccc(O)c2)c(Br)c2ccccc21. The van der Waals surface area contributed by atoms with Gasteiger partial charge in [-0.25, -0.2) is 0 Å². The summed E-state index contributed by atoms with van der Waals surface area (Å²) in [6, 6.07) is 14.0. The average Bonchev–Trinajstić information content (AvgIpc) is 2.92. The minimum absolute atomic E-state index is 0.0513. The minimum atomic E-state index is -0.256. The molecule has 2 amide bonds. The van der Waals surface area contributed by atoms with E-state index in [0.29, 0.717) is 30.8 Å². The molecule has 1 heterocycles. The van der Waals surface area contributed by atoms with Crippen molar-refractivity contribution in [3.63, 3.8) is 0 Å². The Hall–Kier alpha value is -2.80. The zero-order chi connectivity index (χ0) is 19.4. The van der Waals surface area contributed by atoms with E-state index < -0.39 is 0 Å². The standard InChI is InChI=1S/C20H20BrN3O3/c1-24-16-9-3-2-8-15(16)17(21)18(24)20(27)23-11-5-10-22-19(26)13-6-4-7-14(25)12-13/h2-4,6-9,12,25H,5,10-11H2,1H3,(H,22,26)(H,23,27). The Kier molecular flexibility index (Phi) is 5.81. The molecule has 0 fully saturated rings. The van der Waals surface area contributed by atoms with Crippen LogP contribution in [0.3, 0.4) is 0 Å². The normalized spacial score (nSPS) is 10.7. The highest BCUT2D eigenvalue weighted by molar-refractivity contribution is 9.10. The van der Waals surface area contributed by atoms with Crippen LogP contribution in [0.4, 0.5) is 0 Å². The van der Waals surface area contributed by atoms with Crippen molar-refractivity contribution in [2.75, 3.05) is 13.1 Å². The van der Waals surface area contributed by atoms with Crippen LogP contribution >= 0.6 is 15.9 Å². The van der Waals surface area contributed by atoms with Gasteiger partial charge in [0.1, 0.15) is 11.4 Å². The molecular weight excluding hydrogens is 410 g/mol. The summed E-state index contributed by atoms with van der Waals surface area (Å²) in [6.45, 7) is 0.859. The number of aryl methyl sites for hydroxylation is 1. The summed E-state index contributed by atoms with van der Waals surface area (Å²) in [7, 11) is 1.86. The third kappa shape index (κ3) is 4.14. The molecule has 0 saturated carbocycles. The number of benzene rings is 2. The largest absolute Gasteiger partial charge is 0.508 e. The summed E-state index contributed by atoms with van der Waals surface area (Å²) in [5.74, 6) is -0.371. The molecule has 6 nitrogen and oxygen atoms in total. The van der Waals surface area contributed by atoms with Crippen molar-refractivity contribution in [2.45, 2.75) is 6.42 Å². The predicted molar refractivity (Wildman–Crippen MR) is 108 cm³/mol. The molecule has 0 bridgehead atoms. The second kappa shape index (κ2) is 8.26. The van der Waals surface area contributed by atoms with Gasteiger partial charge < -0.3 is 20.3 Å². The number of nitrogens with zero attached hydrogens (tertiary/aromatic N) is 1. The van der Waals surface area contributed by atoms with Crippen molar-refractivity contribution in [1.82, 2.24) is 15.2 Å². The number of aromatic hydroxyl groups is 1. The van der Waals surface area contributed by atoms with Gasteiger partial charge in [-0.3, -0.25) is 9.59 Å². The maximum atomic E-state index is 12.5. The molecule has 140 valence electrons. The molecule has 1 aromatic heterocycles. The maximum absolute atomic E-state index is 12.5. The number of nitrogens with one attached hydrogen (secondary N) is 2. The lowest BCUT2D eigenvalue weighted by Gasteiger charge is -2.08. The molecular formula is C20H20BrN3O3. The summed E-state index contributed by atoms with van der Waals surface area (Å²) in [5, 5.41) is 16.0. The molecule has 0 spiro atoms. The van der Waals surface area contributed by atoms with E-state index in [-0.39, 0.29) is 17.6 Å². The topological polar surface area (TPSA) is 83.4 Å². The van der Waals surface area contributed by atoms with Gasteiger partial charge in [0, 0.05) is 36.6 Å². The van der Waals surface area contributed by atoms with Gasteiger partial charge in [0.2, 0.25) is 0 Å². The third-order valence-corrected chi connectivity index (χ3v) is 5.10. The number of aromatic nitrogens is 1. The number of hydrogen-bond acceptors (Lipinski definition) is 3. The number of hydrogen-bond donors (Lipinski definition) is 3. The first-order chi connectivity index (χ1) is 13.0. The van der Waals surface area contributed by atoms with Gasteiger partial charge in [-0.1, -0.05) is 24.3 Å². The van der Waals surface area contributed by atoms with Gasteiger partial charge in [-0.2, -0.15) is 0 Å². The van der Waals surface area contributed by atoms with Crippen LogP contribution in [0.15, 0.2) is 53.0 Å². The van der Waals surface area contributed by atoms with Crippen LogP contribution in [-0.4, -0.2) is 34.6 Å². The molecule has 2 aromatic carbocycles. The highest BCUT2D eigenvalue weighted by atomic mass is 79.9. The smallest absolute Gasteiger partial charge is 0.269 e. The summed E-state index contributed by atoms with van der Waals surface area (Å²) in [5.41, 5.74) is 1.95. The van der Waals surface area contributed by atoms with Gasteiger partial charge in [0.25, 0.3) is 11.8 Å². The maximum Gasteiger partial charge on any atom is 0.269 e. The molecule has 27 heavy (non-hydrogen) atoms. The first-order valence-corrected chi connectivity index (χ1v) is 9.36. The molecule has 3 aromatic rings. The summed E-state index contributed by atoms with van der Waals surface area (Å²) in [6.07, 6.45) is 0.595. The first kappa shape index (κ1) is 19.0. The van der Waals surface area contributed by atoms with Crippen LogP contribution in [-0.2, 0) is 7.05 Å². The molecule has 0 saturated heterocycles. The van der Waals surface area contributed by atoms with Gasteiger partial charge in [-0.15, -0.1) is 0 Å². The Bertz CT molecular complexity index is 958. The molecule has 0 aliphatic heterocycles. The molecule has 0 aliphatic carbocycles. The lowest BCUT2D eigenvalue weighted by Crippen LogP contribution is -2.30. The Morgan fingerprint density at radius 3 is 2.44 bits per heavy atom. The second-order valence-electron chi connectivity index (χ2n) is 6.15. The Balaban J connectivity index is 1.51. The number of fused-ring (bicyclic) bond motifs is 1. The zero-order valence-electron chi connectivity index (χ0n) is 14.8. The number of rotatable bonds is 6. The number of carbonyl (C=O) groups excluding carboxylic acids is 2. The summed E-state index contributed by atoms with van der Waals surface area (Å²) in [4.78, 5) is 24.5. The van der Waals surface area contributed by atoms with E-state index in [1.807, 2.05) is 35.9 Å². The van der Waals surface area contributed by atoms with Gasteiger partial charge in [0.15, 0.2) is 0 Å². The van der Waals surface area contributed by atoms with E-state index in [0.717, 1.165) is 15.4 Å². The van der Waals surface area contributed by atoms with Gasteiger partial charge in [-0.05, 0) is 46.6 Å². The first-order valence-electron chi connectivity index (χ1n) is 8.57. The van der Waals surface area contributed by atoms with Gasteiger partial charge >= 0.3 is 0 Å². The number of phenols is 1. The van der Waals surface area contributed by atoms with Crippen LogP contribution in [0.1, 0.15) is 27.3 Å². The molecule has 0 atom stereocenters. The number of para-hydroxylation sites is 1. The number of phenolic OH excluding ortho intramolecular Hbond substituents is 1. The van der Waals surface area contributed by atoms with E-state index in [9.17, 15) is 14.7 Å². The fraction of sp³-hybridized carbons (Fsp3) is 0.200. The molecule has 0 radical (unpaired) electrons. The van der Waals surface area contributed by atoms with E-state index in [1.165, 1.54) is 12.1 Å². The highest BCUT2D eigenvalue weighted by Crippen LogP contribution is 2.30. The zero-order valence-corrected chi connectivity index (χ0v) is 16.4. The molecule has 3 N–H and O–H groups in total. The van der Waals surface area contributed by atoms with E-state index in [1.54, 1.807) is 12.1 Å². The molecule has 0 aliphatic rings. The van der Waals surface area contributed by atoms with Crippen molar-refractivity contribution < 1.29 is 14.7 Å². The second-order valence-corrected chi connectivity index (χ2v) is 6.95. The monoisotopic (exact) mass is 429 g/mol. The molecule has 0 unspecified atom stereocenters. The summed E-state index contributed by atoms with van der Waals surface area (Å²) >= 11 is 3.52. The Morgan fingerprint density at radius 1 is 1.04 bits per heavy atom. The fourth-order valence-corrected chi connectivity index (χ4v) is 3.71. The van der Waals surface area contributed by atoms with Crippen molar-refractivity contribution in [2.24, 2.45) is 7.05 Å². The van der Waals surface area contributed by atoms with E-state index in [2.05, 4.69) is 26.6 Å². The Labute approximate surface area is 165 Å². The van der Waals surface area contributed by atoms with Crippen molar-refractivity contribution in [3.05, 3.63) is 64.3 Å². The molecule has 7 heteroatoms. The quantitative estimate of drug-likeness (QED) is 0.526. The number of halogens is 1. The van der Waals surface area contributed by atoms with Crippen molar-refractivity contribution in [3.8, 4) is 5.75 Å². The predicted octanol–water partition coefficient (Wildman–Crippen LogP) is 3.20. The van der Waals surface area contributed by atoms with Gasteiger partial charge in [0.05, 0.1) is 4.47 Å².